The predicted molar refractivity (Wildman–Crippen MR) is 219 cm³/mol. The third kappa shape index (κ3) is 7.45. The first-order chi connectivity index (χ1) is 27.7. The number of fused-ring (bicyclic) bond motifs is 6. The first-order valence-electron chi connectivity index (χ1n) is 20.1. The SMILES string of the molecule is COCC1CC(c2nc3c(ccc4cc5c(cc43)OCc3cc(-c4cnc(C6CC(C)CN6C(=O)C(NC(=O)OC)C(C)C)[nH]4)ccc3-5)[nH]2)N(C(=O)OC(C)(C)C)C1. The van der Waals surface area contributed by atoms with E-state index >= 15 is 0 Å². The van der Waals surface area contributed by atoms with E-state index in [9.17, 15) is 14.4 Å². The molecule has 58 heavy (non-hydrogen) atoms. The fourth-order valence-corrected chi connectivity index (χ4v) is 8.77. The maximum Gasteiger partial charge on any atom is 0.410 e. The Balaban J connectivity index is 1.05. The van der Waals surface area contributed by atoms with Crippen molar-refractivity contribution in [2.45, 2.75) is 84.7 Å². The van der Waals surface area contributed by atoms with Crippen molar-refractivity contribution in [3.63, 3.8) is 0 Å². The third-order valence-electron chi connectivity index (χ3n) is 11.5. The Morgan fingerprint density at radius 1 is 0.966 bits per heavy atom. The summed E-state index contributed by atoms with van der Waals surface area (Å²) in [7, 11) is 2.98. The van der Waals surface area contributed by atoms with Crippen LogP contribution < -0.4 is 10.1 Å². The number of hydrogen-bond donors (Lipinski definition) is 3. The standard InChI is InChI=1S/C44H53N7O7/c1-23(2)37(49-42(53)56-8)41(52)50-19-24(3)13-34(50)39-45-18-33(47-39)27-9-11-29-28(15-27)22-57-36-17-30-26(16-31(29)36)10-12-32-38(30)48-40(46-32)35-14-25(21-55-7)20-51(35)43(54)58-44(4,5)6/h9-12,15-18,23-25,34-35,37H,13-14,19-22H2,1-8H3,(H,45,47)(H,46,48)(H,49,53). The van der Waals surface area contributed by atoms with Crippen LogP contribution in [0.4, 0.5) is 9.59 Å². The van der Waals surface area contributed by atoms with Crippen molar-refractivity contribution in [3.05, 3.63) is 65.9 Å². The first-order valence-corrected chi connectivity index (χ1v) is 20.1. The summed E-state index contributed by atoms with van der Waals surface area (Å²) in [4.78, 5) is 59.7. The van der Waals surface area contributed by atoms with Crippen LogP contribution in [-0.4, -0.2) is 93.4 Å². The van der Waals surface area contributed by atoms with E-state index in [-0.39, 0.29) is 41.8 Å². The van der Waals surface area contributed by atoms with Crippen LogP contribution in [0, 0.1) is 17.8 Å². The molecule has 306 valence electrons. The lowest BCUT2D eigenvalue weighted by atomic mass is 9.92. The lowest BCUT2D eigenvalue weighted by Crippen LogP contribution is -2.51. The Labute approximate surface area is 338 Å². The van der Waals surface area contributed by atoms with Crippen LogP contribution in [0.2, 0.25) is 0 Å². The molecule has 2 saturated heterocycles. The molecule has 5 unspecified atom stereocenters. The van der Waals surface area contributed by atoms with Gasteiger partial charge in [0.15, 0.2) is 0 Å². The van der Waals surface area contributed by atoms with Gasteiger partial charge in [0.05, 0.1) is 48.7 Å². The summed E-state index contributed by atoms with van der Waals surface area (Å²) in [5.41, 5.74) is 6.06. The molecule has 2 aromatic heterocycles. The van der Waals surface area contributed by atoms with E-state index in [1.54, 1.807) is 12.0 Å². The molecule has 14 heteroatoms. The molecule has 0 aliphatic carbocycles. The van der Waals surface area contributed by atoms with Crippen LogP contribution in [0.1, 0.15) is 83.7 Å². The van der Waals surface area contributed by atoms with Gasteiger partial charge in [-0.15, -0.1) is 0 Å². The average molecular weight is 792 g/mol. The highest BCUT2D eigenvalue weighted by atomic mass is 16.6. The van der Waals surface area contributed by atoms with Gasteiger partial charge in [0.2, 0.25) is 5.91 Å². The van der Waals surface area contributed by atoms with Crippen molar-refractivity contribution in [2.24, 2.45) is 17.8 Å². The number of imidazole rings is 2. The van der Waals surface area contributed by atoms with E-state index in [1.165, 1.54) is 7.11 Å². The van der Waals surface area contributed by atoms with E-state index in [1.807, 2.05) is 51.8 Å². The molecule has 0 radical (unpaired) electrons. The van der Waals surface area contributed by atoms with Gasteiger partial charge in [-0.3, -0.25) is 9.69 Å². The number of nitrogens with zero attached hydrogens (tertiary/aromatic N) is 4. The Bertz CT molecular complexity index is 2380. The van der Waals surface area contributed by atoms with Crippen molar-refractivity contribution >= 4 is 39.9 Å². The van der Waals surface area contributed by atoms with Gasteiger partial charge in [0, 0.05) is 37.1 Å². The Kier molecular flexibility index (Phi) is 10.3. The molecule has 3 aliphatic rings. The molecule has 0 saturated carbocycles. The second-order valence-electron chi connectivity index (χ2n) is 17.4. The van der Waals surface area contributed by atoms with Crippen molar-refractivity contribution in [3.8, 4) is 28.1 Å². The second-order valence-corrected chi connectivity index (χ2v) is 17.4. The average Bonchev–Trinajstić information content (AvgIpc) is 4.00. The van der Waals surface area contributed by atoms with Crippen LogP contribution in [0.3, 0.4) is 0 Å². The zero-order valence-electron chi connectivity index (χ0n) is 34.5. The number of aromatic amines is 2. The molecule has 2 fully saturated rings. The summed E-state index contributed by atoms with van der Waals surface area (Å²) < 4.78 is 22.5. The number of benzene rings is 3. The Morgan fingerprint density at radius 3 is 2.50 bits per heavy atom. The minimum atomic E-state index is -0.707. The van der Waals surface area contributed by atoms with Crippen molar-refractivity contribution in [1.82, 2.24) is 35.1 Å². The number of alkyl carbamates (subject to hydrolysis) is 1. The van der Waals surface area contributed by atoms with E-state index in [2.05, 4.69) is 58.6 Å². The van der Waals surface area contributed by atoms with Gasteiger partial charge >= 0.3 is 12.2 Å². The summed E-state index contributed by atoms with van der Waals surface area (Å²) in [5, 5.41) is 4.72. The van der Waals surface area contributed by atoms with Gasteiger partial charge in [-0.2, -0.15) is 0 Å². The number of rotatable bonds is 8. The number of hydrogen-bond acceptors (Lipinski definition) is 9. The van der Waals surface area contributed by atoms with Gasteiger partial charge in [-0.25, -0.2) is 19.6 Å². The maximum atomic E-state index is 13.8. The molecule has 3 aromatic carbocycles. The number of nitrogens with one attached hydrogen (secondary N) is 3. The van der Waals surface area contributed by atoms with Gasteiger partial charge in [0.25, 0.3) is 0 Å². The minimum Gasteiger partial charge on any atom is -0.488 e. The molecule has 5 atom stereocenters. The number of carbonyl (C=O) groups excluding carboxylic acids is 3. The maximum absolute atomic E-state index is 13.8. The number of aromatic nitrogens is 4. The Morgan fingerprint density at radius 2 is 1.76 bits per heavy atom. The highest BCUT2D eigenvalue weighted by Gasteiger charge is 2.41. The van der Waals surface area contributed by atoms with Crippen molar-refractivity contribution in [2.75, 3.05) is 33.9 Å². The van der Waals surface area contributed by atoms with E-state index < -0.39 is 17.7 Å². The highest BCUT2D eigenvalue weighted by molar-refractivity contribution is 6.07. The lowest BCUT2D eigenvalue weighted by molar-refractivity contribution is -0.135. The molecular formula is C44H53N7O7. The van der Waals surface area contributed by atoms with E-state index in [0.29, 0.717) is 32.1 Å². The second kappa shape index (κ2) is 15.3. The summed E-state index contributed by atoms with van der Waals surface area (Å²) in [6.45, 7) is 13.6. The smallest absolute Gasteiger partial charge is 0.410 e. The number of ether oxygens (including phenoxy) is 4. The predicted octanol–water partition coefficient (Wildman–Crippen LogP) is 7.90. The molecule has 0 spiro atoms. The molecule has 3 N–H and O–H groups in total. The normalized spacial score (nSPS) is 20.9. The summed E-state index contributed by atoms with van der Waals surface area (Å²) >= 11 is 0. The van der Waals surface area contributed by atoms with Gasteiger partial charge in [-0.05, 0) is 91.8 Å². The molecule has 5 heterocycles. The summed E-state index contributed by atoms with van der Waals surface area (Å²) in [5.74, 6) is 2.40. The molecule has 5 aromatic rings. The molecule has 14 nitrogen and oxygen atoms in total. The number of H-pyrrole nitrogens is 2. The number of amides is 3. The monoisotopic (exact) mass is 791 g/mol. The largest absolute Gasteiger partial charge is 0.488 e. The van der Waals surface area contributed by atoms with Gasteiger partial charge < -0.3 is 39.1 Å². The van der Waals surface area contributed by atoms with Crippen LogP contribution >= 0.6 is 0 Å². The van der Waals surface area contributed by atoms with Crippen LogP contribution in [0.15, 0.2) is 48.7 Å². The lowest BCUT2D eigenvalue weighted by Gasteiger charge is -2.30. The Hall–Kier alpha value is -5.63. The summed E-state index contributed by atoms with van der Waals surface area (Å²) in [6.07, 6.45) is 2.32. The van der Waals surface area contributed by atoms with Crippen molar-refractivity contribution in [1.29, 1.82) is 0 Å². The quantitative estimate of drug-likeness (QED) is 0.142. The van der Waals surface area contributed by atoms with Gasteiger partial charge in [0.1, 0.15) is 35.6 Å². The van der Waals surface area contributed by atoms with E-state index in [4.69, 9.17) is 28.9 Å². The molecule has 3 amide bonds. The molecule has 0 bridgehead atoms. The van der Waals surface area contributed by atoms with Crippen LogP contribution in [-0.2, 0) is 25.6 Å². The zero-order chi connectivity index (χ0) is 41.0. The zero-order valence-corrected chi connectivity index (χ0v) is 34.5. The highest BCUT2D eigenvalue weighted by Crippen LogP contribution is 2.44. The fraction of sp³-hybridized carbons (Fsp3) is 0.477. The minimum absolute atomic E-state index is 0.120. The van der Waals surface area contributed by atoms with Crippen LogP contribution in [0.25, 0.3) is 44.2 Å². The molecular weight excluding hydrogens is 739 g/mol. The third-order valence-corrected chi connectivity index (χ3v) is 11.5. The summed E-state index contributed by atoms with van der Waals surface area (Å²) in [6, 6.07) is 13.5. The van der Waals surface area contributed by atoms with E-state index in [0.717, 1.165) is 74.2 Å². The molecule has 3 aliphatic heterocycles. The first kappa shape index (κ1) is 39.2. The van der Waals surface area contributed by atoms with Gasteiger partial charge in [-0.1, -0.05) is 39.0 Å². The molecule has 8 rings (SSSR count). The number of likely N-dealkylation sites (tertiary alicyclic amines) is 2. The van der Waals surface area contributed by atoms with Crippen LogP contribution in [0.5, 0.6) is 5.75 Å². The fourth-order valence-electron chi connectivity index (χ4n) is 8.77. The number of methoxy groups -OCH3 is 2. The topological polar surface area (TPSA) is 164 Å². The van der Waals surface area contributed by atoms with Crippen molar-refractivity contribution < 1.29 is 33.3 Å². The number of carbonyl (C=O) groups is 3.